The predicted molar refractivity (Wildman–Crippen MR) is 83.9 cm³/mol. The Morgan fingerprint density at radius 2 is 2.05 bits per heavy atom. The summed E-state index contributed by atoms with van der Waals surface area (Å²) in [5, 5.41) is 13.4. The van der Waals surface area contributed by atoms with Crippen molar-refractivity contribution in [2.75, 3.05) is 5.75 Å². The first kappa shape index (κ1) is 14.0. The summed E-state index contributed by atoms with van der Waals surface area (Å²) in [5.74, 6) is 1.43. The third-order valence-corrected chi connectivity index (χ3v) is 5.67. The molecular formula is C17H22N2S. The van der Waals surface area contributed by atoms with Crippen LogP contribution in [-0.2, 0) is 0 Å². The maximum absolute atomic E-state index is 9.73. The maximum atomic E-state index is 9.73. The minimum absolute atomic E-state index is 0.302. The van der Waals surface area contributed by atoms with Gasteiger partial charge in [0.25, 0.3) is 0 Å². The van der Waals surface area contributed by atoms with Crippen LogP contribution in [0.25, 0.3) is 0 Å². The molecule has 3 heteroatoms. The van der Waals surface area contributed by atoms with E-state index in [2.05, 4.69) is 43.4 Å². The zero-order chi connectivity index (χ0) is 14.2. The zero-order valence-corrected chi connectivity index (χ0v) is 13.1. The van der Waals surface area contributed by atoms with Crippen LogP contribution in [0.2, 0.25) is 0 Å². The lowest BCUT2D eigenvalue weighted by Crippen LogP contribution is -2.49. The van der Waals surface area contributed by atoms with E-state index in [9.17, 15) is 5.26 Å². The molecule has 0 bridgehead atoms. The van der Waals surface area contributed by atoms with Crippen LogP contribution in [0.1, 0.15) is 36.8 Å². The summed E-state index contributed by atoms with van der Waals surface area (Å²) < 4.78 is 0. The minimum Gasteiger partial charge on any atom is -0.296 e. The van der Waals surface area contributed by atoms with Gasteiger partial charge in [0, 0.05) is 16.7 Å². The Kier molecular flexibility index (Phi) is 3.79. The summed E-state index contributed by atoms with van der Waals surface area (Å²) >= 11 is 1.84. The van der Waals surface area contributed by atoms with Gasteiger partial charge in [0.2, 0.25) is 0 Å². The highest BCUT2D eigenvalue weighted by Gasteiger charge is 2.48. The van der Waals surface area contributed by atoms with Crippen LogP contribution in [0.4, 0.5) is 0 Å². The molecule has 1 aromatic rings. The summed E-state index contributed by atoms with van der Waals surface area (Å²) in [5.41, 5.74) is 2.32. The second-order valence-electron chi connectivity index (χ2n) is 6.33. The Balaban J connectivity index is 1.71. The van der Waals surface area contributed by atoms with E-state index in [1.165, 1.54) is 41.7 Å². The van der Waals surface area contributed by atoms with Crippen molar-refractivity contribution in [3.63, 3.8) is 0 Å². The van der Waals surface area contributed by atoms with Gasteiger partial charge in [-0.25, -0.2) is 0 Å². The van der Waals surface area contributed by atoms with E-state index in [-0.39, 0.29) is 5.54 Å². The van der Waals surface area contributed by atoms with Crippen molar-refractivity contribution >= 4 is 11.8 Å². The third kappa shape index (κ3) is 3.02. The molecule has 0 amide bonds. The largest absolute Gasteiger partial charge is 0.296 e. The van der Waals surface area contributed by atoms with E-state index in [4.69, 9.17) is 0 Å². The van der Waals surface area contributed by atoms with Gasteiger partial charge in [0.15, 0.2) is 0 Å². The fourth-order valence-corrected chi connectivity index (χ4v) is 3.97. The molecule has 0 spiro atoms. The number of nitrogens with one attached hydrogen (secondary N) is 1. The number of aryl methyl sites for hydroxylation is 2. The molecule has 0 radical (unpaired) electrons. The molecule has 2 aliphatic carbocycles. The molecule has 20 heavy (non-hydrogen) atoms. The van der Waals surface area contributed by atoms with Crippen molar-refractivity contribution in [2.45, 2.75) is 56.0 Å². The summed E-state index contributed by atoms with van der Waals surface area (Å²) in [7, 11) is 0. The van der Waals surface area contributed by atoms with Crippen molar-refractivity contribution < 1.29 is 0 Å². The number of rotatable bonds is 6. The van der Waals surface area contributed by atoms with Crippen molar-refractivity contribution in [2.24, 2.45) is 5.92 Å². The lowest BCUT2D eigenvalue weighted by Gasteiger charge is -2.28. The smallest absolute Gasteiger partial charge is 0.119 e. The molecule has 0 aliphatic heterocycles. The Morgan fingerprint density at radius 1 is 1.30 bits per heavy atom. The van der Waals surface area contributed by atoms with Crippen LogP contribution in [0, 0.1) is 31.1 Å². The third-order valence-electron chi connectivity index (χ3n) is 4.30. The van der Waals surface area contributed by atoms with Crippen LogP contribution >= 0.6 is 11.8 Å². The highest BCUT2D eigenvalue weighted by Crippen LogP contribution is 2.44. The lowest BCUT2D eigenvalue weighted by molar-refractivity contribution is 0.401. The van der Waals surface area contributed by atoms with E-state index in [0.717, 1.165) is 5.75 Å². The van der Waals surface area contributed by atoms with Crippen LogP contribution in [0.15, 0.2) is 23.1 Å². The summed E-state index contributed by atoms with van der Waals surface area (Å²) in [6, 6.07) is 9.79. The zero-order valence-electron chi connectivity index (χ0n) is 12.3. The van der Waals surface area contributed by atoms with E-state index >= 15 is 0 Å². The lowest BCUT2D eigenvalue weighted by atomic mass is 9.97. The fraction of sp³-hybridized carbons (Fsp3) is 0.588. The van der Waals surface area contributed by atoms with Crippen LogP contribution in [0.5, 0.6) is 0 Å². The Morgan fingerprint density at radius 3 is 2.60 bits per heavy atom. The number of benzene rings is 1. The molecule has 106 valence electrons. The van der Waals surface area contributed by atoms with Gasteiger partial charge in [-0.2, -0.15) is 5.26 Å². The molecule has 0 saturated heterocycles. The number of nitriles is 1. The predicted octanol–water partition coefficient (Wildman–Crippen LogP) is 3.82. The highest BCUT2D eigenvalue weighted by molar-refractivity contribution is 7.99. The van der Waals surface area contributed by atoms with Crippen molar-refractivity contribution in [1.29, 1.82) is 5.26 Å². The number of nitrogens with zero attached hydrogens (tertiary/aromatic N) is 1. The number of thioether (sulfide) groups is 1. The van der Waals surface area contributed by atoms with Gasteiger partial charge in [-0.1, -0.05) is 17.7 Å². The highest BCUT2D eigenvalue weighted by atomic mass is 32.2. The number of hydrogen-bond donors (Lipinski definition) is 1. The van der Waals surface area contributed by atoms with Gasteiger partial charge in [0.05, 0.1) is 6.07 Å². The average Bonchev–Trinajstić information content (AvgIpc) is 3.28. The van der Waals surface area contributed by atoms with Gasteiger partial charge in [-0.3, -0.25) is 5.32 Å². The van der Waals surface area contributed by atoms with Gasteiger partial charge in [-0.05, 0) is 57.1 Å². The quantitative estimate of drug-likeness (QED) is 0.808. The number of hydrogen-bond acceptors (Lipinski definition) is 3. The molecule has 0 aromatic heterocycles. The molecule has 2 nitrogen and oxygen atoms in total. The van der Waals surface area contributed by atoms with Crippen molar-refractivity contribution in [3.05, 3.63) is 29.3 Å². The molecule has 1 atom stereocenters. The Bertz CT molecular complexity index is 540. The molecule has 0 heterocycles. The standard InChI is InChI=1S/C17H22N2S/c1-12-3-8-16(13(2)9-12)20-11-17(10-18,14-4-5-14)19-15-6-7-15/h3,8-9,14-15,19H,4-7,11H2,1-2H3. The SMILES string of the molecule is Cc1ccc(SCC(C#N)(NC2CC2)C2CC2)c(C)c1. The van der Waals surface area contributed by atoms with Crippen molar-refractivity contribution in [3.8, 4) is 6.07 Å². The van der Waals surface area contributed by atoms with Gasteiger partial charge < -0.3 is 0 Å². The van der Waals surface area contributed by atoms with Crippen LogP contribution in [0.3, 0.4) is 0 Å². The summed E-state index contributed by atoms with van der Waals surface area (Å²) in [6.07, 6.45) is 4.90. The minimum atomic E-state index is -0.302. The van der Waals surface area contributed by atoms with Gasteiger partial charge >= 0.3 is 0 Å². The second kappa shape index (κ2) is 5.42. The molecular weight excluding hydrogens is 264 g/mol. The second-order valence-corrected chi connectivity index (χ2v) is 7.35. The molecule has 2 fully saturated rings. The van der Waals surface area contributed by atoms with Crippen molar-refractivity contribution in [1.82, 2.24) is 5.32 Å². The molecule has 2 saturated carbocycles. The van der Waals surface area contributed by atoms with E-state index in [0.29, 0.717) is 12.0 Å². The van der Waals surface area contributed by atoms with Gasteiger partial charge in [-0.15, -0.1) is 11.8 Å². The molecule has 2 aliphatic rings. The molecule has 3 rings (SSSR count). The van der Waals surface area contributed by atoms with Gasteiger partial charge in [0.1, 0.15) is 5.54 Å². The van der Waals surface area contributed by atoms with Crippen LogP contribution in [-0.4, -0.2) is 17.3 Å². The molecule has 1 N–H and O–H groups in total. The first-order valence-corrected chi connectivity index (χ1v) is 8.50. The van der Waals surface area contributed by atoms with Crippen LogP contribution < -0.4 is 5.32 Å². The molecule has 1 unspecified atom stereocenters. The first-order chi connectivity index (χ1) is 9.63. The Hall–Kier alpha value is -0.980. The summed E-state index contributed by atoms with van der Waals surface area (Å²) in [4.78, 5) is 1.31. The average molecular weight is 286 g/mol. The topological polar surface area (TPSA) is 35.8 Å². The summed E-state index contributed by atoms with van der Waals surface area (Å²) in [6.45, 7) is 4.29. The first-order valence-electron chi connectivity index (χ1n) is 7.52. The fourth-order valence-electron chi connectivity index (χ4n) is 2.75. The normalized spacial score (nSPS) is 21.2. The van der Waals surface area contributed by atoms with E-state index in [1.807, 2.05) is 11.8 Å². The Labute approximate surface area is 125 Å². The van der Waals surface area contributed by atoms with E-state index in [1.54, 1.807) is 0 Å². The monoisotopic (exact) mass is 286 g/mol. The van der Waals surface area contributed by atoms with E-state index < -0.39 is 0 Å². The maximum Gasteiger partial charge on any atom is 0.119 e. The molecule has 1 aromatic carbocycles.